The van der Waals surface area contributed by atoms with Crippen LogP contribution in [0.2, 0.25) is 0 Å². The normalized spacial score (nSPS) is 17.1. The number of carbonyl (C=O) groups is 4. The van der Waals surface area contributed by atoms with Crippen LogP contribution >= 0.6 is 23.1 Å². The molecule has 3 atom stereocenters. The van der Waals surface area contributed by atoms with Crippen LogP contribution in [0.1, 0.15) is 48.7 Å². The van der Waals surface area contributed by atoms with Crippen molar-refractivity contribution in [3.63, 3.8) is 0 Å². The lowest BCUT2D eigenvalue weighted by Crippen LogP contribution is -2.71. The monoisotopic (exact) mass is 844 g/mol. The average Bonchev–Trinajstić information content (AvgIpc) is 3.69. The Morgan fingerprint density at radius 3 is 2.07 bits per heavy atom. The molecule has 3 aromatic carbocycles. The molecule has 2 aliphatic heterocycles. The van der Waals surface area contributed by atoms with Crippen molar-refractivity contribution in [2.75, 3.05) is 11.5 Å². The minimum Gasteiger partial charge on any atom is -0.431 e. The van der Waals surface area contributed by atoms with E-state index >= 15 is 0 Å². The van der Waals surface area contributed by atoms with Crippen LogP contribution in [-0.4, -0.2) is 74.1 Å². The van der Waals surface area contributed by atoms with E-state index in [9.17, 15) is 19.2 Å². The number of nitrogens with one attached hydrogen (secondary N) is 1. The summed E-state index contributed by atoms with van der Waals surface area (Å²) in [6.45, 7) is 4.66. The van der Waals surface area contributed by atoms with Gasteiger partial charge in [-0.25, -0.2) is 14.6 Å². The van der Waals surface area contributed by atoms with Crippen molar-refractivity contribution >= 4 is 64.0 Å². The number of anilines is 1. The van der Waals surface area contributed by atoms with Crippen molar-refractivity contribution in [2.24, 2.45) is 5.16 Å². The first-order chi connectivity index (χ1) is 29.0. The van der Waals surface area contributed by atoms with Crippen LogP contribution in [0.3, 0.4) is 0 Å². The van der Waals surface area contributed by atoms with Crippen LogP contribution in [0.25, 0.3) is 6.08 Å². The summed E-state index contributed by atoms with van der Waals surface area (Å²) in [5, 5.41) is 8.41. The number of esters is 1. The van der Waals surface area contributed by atoms with Gasteiger partial charge in [-0.05, 0) is 31.1 Å². The van der Waals surface area contributed by atoms with Crippen molar-refractivity contribution in [2.45, 2.75) is 50.2 Å². The molecule has 16 heteroatoms. The van der Waals surface area contributed by atoms with E-state index in [-0.39, 0.29) is 28.0 Å². The van der Waals surface area contributed by atoms with E-state index in [1.165, 1.54) is 23.6 Å². The average molecular weight is 845 g/mol. The minimum absolute atomic E-state index is 0.0649. The molecule has 0 radical (unpaired) electrons. The first-order valence-corrected chi connectivity index (χ1v) is 20.8. The van der Waals surface area contributed by atoms with Gasteiger partial charge in [0, 0.05) is 47.1 Å². The molecule has 14 nitrogen and oxygen atoms in total. The fourth-order valence-electron chi connectivity index (χ4n) is 6.62. The number of hydrogen-bond acceptors (Lipinski definition) is 14. The van der Waals surface area contributed by atoms with E-state index < -0.39 is 53.3 Å². The Bertz CT molecular complexity index is 2330. The SMILES string of the molecule is CC(C)OC(=O)OC(C)OC(=O)C1=C(/C=C\c2cccnc2)CS[C@@H]2[C@H](NC(=O)C(=NOC(c3ccccc3)(c3ccccc3)c3ccccc3)c3csc(N)n3)C(=O)N12. The third-order valence-corrected chi connectivity index (χ3v) is 11.3. The Morgan fingerprint density at radius 1 is 0.883 bits per heavy atom. The van der Waals surface area contributed by atoms with Gasteiger partial charge in [0.2, 0.25) is 11.9 Å². The molecule has 2 amide bonds. The number of nitrogen functional groups attached to an aromatic ring is 1. The molecule has 0 saturated carbocycles. The van der Waals surface area contributed by atoms with E-state index in [0.717, 1.165) is 33.6 Å². The molecule has 4 heterocycles. The largest absolute Gasteiger partial charge is 0.511 e. The molecule has 306 valence electrons. The van der Waals surface area contributed by atoms with Crippen molar-refractivity contribution < 1.29 is 38.2 Å². The molecule has 2 aromatic heterocycles. The zero-order chi connectivity index (χ0) is 42.2. The van der Waals surface area contributed by atoms with Crippen molar-refractivity contribution in [1.29, 1.82) is 0 Å². The van der Waals surface area contributed by atoms with Gasteiger partial charge >= 0.3 is 12.1 Å². The fourth-order valence-corrected chi connectivity index (χ4v) is 8.49. The number of nitrogens with zero attached hydrogens (tertiary/aromatic N) is 4. The summed E-state index contributed by atoms with van der Waals surface area (Å²) in [5.74, 6) is -2.00. The second kappa shape index (κ2) is 18.4. The molecule has 1 fully saturated rings. The molecule has 7 rings (SSSR count). The summed E-state index contributed by atoms with van der Waals surface area (Å²) in [6.07, 6.45) is 3.90. The van der Waals surface area contributed by atoms with Gasteiger partial charge in [0.1, 0.15) is 22.8 Å². The van der Waals surface area contributed by atoms with Crippen LogP contribution in [0.4, 0.5) is 9.93 Å². The number of hydrogen-bond donors (Lipinski definition) is 2. The first-order valence-electron chi connectivity index (χ1n) is 18.8. The van der Waals surface area contributed by atoms with Crippen LogP contribution in [0, 0.1) is 0 Å². The van der Waals surface area contributed by atoms with Crippen molar-refractivity contribution in [1.82, 2.24) is 20.2 Å². The van der Waals surface area contributed by atoms with Gasteiger partial charge in [0.15, 0.2) is 10.8 Å². The van der Waals surface area contributed by atoms with E-state index in [1.54, 1.807) is 49.8 Å². The summed E-state index contributed by atoms with van der Waals surface area (Å²) in [7, 11) is 0. The number of fused-ring (bicyclic) bond motifs is 1. The lowest BCUT2D eigenvalue weighted by atomic mass is 9.80. The molecule has 0 aliphatic carbocycles. The van der Waals surface area contributed by atoms with E-state index in [2.05, 4.69) is 20.4 Å². The second-order valence-electron chi connectivity index (χ2n) is 13.7. The van der Waals surface area contributed by atoms with Gasteiger partial charge in [-0.15, -0.1) is 23.1 Å². The smallest absolute Gasteiger partial charge is 0.431 e. The number of nitrogens with two attached hydrogens (primary N) is 1. The van der Waals surface area contributed by atoms with Crippen LogP contribution in [-0.2, 0) is 39.0 Å². The van der Waals surface area contributed by atoms with Crippen LogP contribution < -0.4 is 11.1 Å². The summed E-state index contributed by atoms with van der Waals surface area (Å²) < 4.78 is 15.6. The van der Waals surface area contributed by atoms with Gasteiger partial charge in [0.25, 0.3) is 11.8 Å². The number of amides is 2. The van der Waals surface area contributed by atoms with E-state index in [0.29, 0.717) is 5.57 Å². The third kappa shape index (κ3) is 8.94. The van der Waals surface area contributed by atoms with Crippen LogP contribution in [0.5, 0.6) is 0 Å². The van der Waals surface area contributed by atoms with Gasteiger partial charge in [-0.1, -0.05) is 114 Å². The Morgan fingerprint density at radius 2 is 1.52 bits per heavy atom. The molecule has 2 aliphatic rings. The van der Waals surface area contributed by atoms with Crippen molar-refractivity contribution in [3.8, 4) is 0 Å². The third-order valence-electron chi connectivity index (χ3n) is 9.30. The Kier molecular flexibility index (Phi) is 12.7. The maximum Gasteiger partial charge on any atom is 0.511 e. The highest BCUT2D eigenvalue weighted by Crippen LogP contribution is 2.43. The van der Waals surface area contributed by atoms with E-state index in [4.69, 9.17) is 24.8 Å². The standard InChI is InChI=1S/C44H40N6O8S2/c1-27(2)55-43(54)57-28(3)56-41(53)37-30(22-21-29-14-13-23-46-24-29)25-59-40-36(39(52)50(37)40)48-38(51)35(34-26-60-42(45)47-34)49-58-44(31-15-7-4-8-16-31,32-17-9-5-10-18-32)33-19-11-6-12-20-33/h4-24,26-28,36,40H,25H2,1-3H3,(H2,45,47)(H,48,51)/b22-21-,49-35?/t28?,36-,40-/m1/s1. The number of allylic oxidation sites excluding steroid dienone is 1. The highest BCUT2D eigenvalue weighted by atomic mass is 32.2. The summed E-state index contributed by atoms with van der Waals surface area (Å²) in [6, 6.07) is 31.0. The predicted molar refractivity (Wildman–Crippen MR) is 227 cm³/mol. The zero-order valence-corrected chi connectivity index (χ0v) is 34.3. The molecule has 0 bridgehead atoms. The molecule has 1 saturated heterocycles. The highest BCUT2D eigenvalue weighted by molar-refractivity contribution is 8.00. The number of pyridine rings is 1. The number of rotatable bonds is 14. The van der Waals surface area contributed by atoms with Crippen molar-refractivity contribution in [3.05, 3.63) is 166 Å². The lowest BCUT2D eigenvalue weighted by Gasteiger charge is -2.49. The molecular formula is C44H40N6O8S2. The van der Waals surface area contributed by atoms with Gasteiger partial charge in [-0.3, -0.25) is 19.5 Å². The molecular weight excluding hydrogens is 805 g/mol. The highest BCUT2D eigenvalue weighted by Gasteiger charge is 2.55. The maximum absolute atomic E-state index is 14.4. The van der Waals surface area contributed by atoms with Gasteiger partial charge in [-0.2, -0.15) is 0 Å². The minimum atomic E-state index is -1.35. The van der Waals surface area contributed by atoms with Gasteiger partial charge in [0.05, 0.1) is 6.10 Å². The second-order valence-corrected chi connectivity index (χ2v) is 15.7. The quantitative estimate of drug-likeness (QED) is 0.0303. The van der Waals surface area contributed by atoms with Crippen LogP contribution in [0.15, 0.2) is 143 Å². The number of thiazole rings is 1. The Labute approximate surface area is 354 Å². The molecule has 3 N–H and O–H groups in total. The summed E-state index contributed by atoms with van der Waals surface area (Å²) in [5.41, 5.74) is 8.00. The number of oxime groups is 1. The number of ether oxygens (including phenoxy) is 3. The molecule has 60 heavy (non-hydrogen) atoms. The molecule has 5 aromatic rings. The fraction of sp³-hybridized carbons (Fsp3) is 0.205. The zero-order valence-electron chi connectivity index (χ0n) is 32.7. The number of aromatic nitrogens is 2. The number of thioether (sulfide) groups is 1. The maximum atomic E-state index is 14.4. The van der Waals surface area contributed by atoms with E-state index in [1.807, 2.05) is 97.1 Å². The van der Waals surface area contributed by atoms with Gasteiger partial charge < -0.3 is 30.1 Å². The summed E-state index contributed by atoms with van der Waals surface area (Å²) >= 11 is 2.45. The number of carbonyl (C=O) groups excluding carboxylic acids is 4. The first kappa shape index (κ1) is 41.4. The predicted octanol–water partition coefficient (Wildman–Crippen LogP) is 6.65. The number of benzene rings is 3. The topological polar surface area (TPSA) is 185 Å². The Hall–Kier alpha value is -6.78. The lowest BCUT2D eigenvalue weighted by molar-refractivity contribution is -0.169. The summed E-state index contributed by atoms with van der Waals surface area (Å²) in [4.78, 5) is 70.9. The molecule has 0 spiro atoms. The number of β-lactam (4-membered cyclic amide) rings is 1. The Balaban J connectivity index is 1.20. The molecule has 1 unspecified atom stereocenters.